The van der Waals surface area contributed by atoms with Gasteiger partial charge in [-0.15, -0.1) is 10.2 Å². The molecule has 206 valence electrons. The molecule has 1 spiro atoms. The average molecular weight is 552 g/mol. The number of hydrogen-bond acceptors (Lipinski definition) is 10. The van der Waals surface area contributed by atoms with E-state index in [9.17, 15) is 28.6 Å². The van der Waals surface area contributed by atoms with Crippen molar-refractivity contribution in [2.24, 2.45) is 0 Å². The number of fused-ring (bicyclic) bond motifs is 3. The first kappa shape index (κ1) is 25.8. The van der Waals surface area contributed by atoms with E-state index in [0.717, 1.165) is 18.2 Å². The summed E-state index contributed by atoms with van der Waals surface area (Å²) >= 11 is 0. The van der Waals surface area contributed by atoms with Crippen molar-refractivity contribution < 1.29 is 42.8 Å². The summed E-state index contributed by atoms with van der Waals surface area (Å²) in [4.78, 5) is 27.0. The summed E-state index contributed by atoms with van der Waals surface area (Å²) in [7, 11) is 1.52. The molecular formula is C27H22F2N4O7. The Balaban J connectivity index is 1.53. The van der Waals surface area contributed by atoms with Crippen molar-refractivity contribution in [1.29, 1.82) is 0 Å². The Morgan fingerprint density at radius 2 is 1.65 bits per heavy atom. The van der Waals surface area contributed by atoms with E-state index >= 15 is 0 Å². The van der Waals surface area contributed by atoms with Crippen molar-refractivity contribution in [2.45, 2.75) is 30.6 Å². The molecule has 0 radical (unpaired) electrons. The van der Waals surface area contributed by atoms with Crippen molar-refractivity contribution in [3.63, 3.8) is 0 Å². The molecule has 3 atom stereocenters. The molecule has 1 fully saturated rings. The summed E-state index contributed by atoms with van der Waals surface area (Å²) < 4.78 is 46.9. The van der Waals surface area contributed by atoms with Gasteiger partial charge in [0.2, 0.25) is 0 Å². The minimum Gasteiger partial charge on any atom is -0.485 e. The van der Waals surface area contributed by atoms with Crippen LogP contribution in [-0.2, 0) is 25.0 Å². The molecule has 0 aliphatic carbocycles. The normalized spacial score (nSPS) is 25.2. The van der Waals surface area contributed by atoms with Crippen molar-refractivity contribution in [2.75, 3.05) is 13.6 Å². The van der Waals surface area contributed by atoms with Gasteiger partial charge in [0.05, 0.1) is 5.56 Å². The van der Waals surface area contributed by atoms with Crippen molar-refractivity contribution in [3.05, 3.63) is 83.8 Å². The number of aliphatic hydroxyl groups excluding tert-OH is 2. The van der Waals surface area contributed by atoms with Gasteiger partial charge in [0, 0.05) is 42.9 Å². The van der Waals surface area contributed by atoms with Gasteiger partial charge in [-0.2, -0.15) is 0 Å². The van der Waals surface area contributed by atoms with Gasteiger partial charge in [0.15, 0.2) is 17.9 Å². The van der Waals surface area contributed by atoms with E-state index < -0.39 is 47.8 Å². The first-order chi connectivity index (χ1) is 19.1. The molecule has 0 amide bonds. The van der Waals surface area contributed by atoms with Crippen LogP contribution in [0.4, 0.5) is 8.78 Å². The molecule has 13 heteroatoms. The predicted octanol–water partition coefficient (Wildman–Crippen LogP) is 2.06. The number of halogens is 2. The van der Waals surface area contributed by atoms with Gasteiger partial charge in [-0.25, -0.2) is 23.3 Å². The van der Waals surface area contributed by atoms with E-state index in [2.05, 4.69) is 10.2 Å². The van der Waals surface area contributed by atoms with Crippen molar-refractivity contribution >= 4 is 17.6 Å². The number of rotatable bonds is 3. The minimum atomic E-state index is -2.20. The zero-order valence-corrected chi connectivity index (χ0v) is 20.9. The quantitative estimate of drug-likeness (QED) is 0.364. The number of ether oxygens (including phenoxy) is 3. The minimum absolute atomic E-state index is 0.0742. The fourth-order valence-electron chi connectivity index (χ4n) is 4.93. The topological polar surface area (TPSA) is 136 Å². The Morgan fingerprint density at radius 1 is 0.975 bits per heavy atom. The number of aliphatic hydroxyl groups is 2. The highest BCUT2D eigenvalue weighted by Gasteiger charge is 2.55. The SMILES string of the molecule is CN1CCC(Oc2cc(F)cc(F)c2)c2ccc(-c3ccc4nncn4c3)cc2C12OC(=O)C(O)C(O)C(=O)O2. The number of esters is 2. The van der Waals surface area contributed by atoms with Crippen LogP contribution < -0.4 is 4.74 Å². The number of nitrogens with zero attached hydrogens (tertiary/aromatic N) is 4. The van der Waals surface area contributed by atoms with Gasteiger partial charge in [-0.05, 0) is 36.4 Å². The molecule has 0 bridgehead atoms. The predicted molar refractivity (Wildman–Crippen MR) is 131 cm³/mol. The highest BCUT2D eigenvalue weighted by molar-refractivity contribution is 5.87. The Kier molecular flexibility index (Phi) is 6.21. The lowest BCUT2D eigenvalue weighted by atomic mass is 9.94. The van der Waals surface area contributed by atoms with Crippen LogP contribution in [0.25, 0.3) is 16.8 Å². The average Bonchev–Trinajstić information content (AvgIpc) is 3.34. The Hall–Kier alpha value is -4.46. The van der Waals surface area contributed by atoms with Gasteiger partial charge >= 0.3 is 17.8 Å². The molecule has 2 aromatic heterocycles. The molecule has 2 aromatic carbocycles. The fourth-order valence-corrected chi connectivity index (χ4v) is 4.93. The summed E-state index contributed by atoms with van der Waals surface area (Å²) in [5.41, 5.74) is 2.46. The van der Waals surface area contributed by atoms with E-state index in [1.807, 2.05) is 0 Å². The molecule has 11 nitrogen and oxygen atoms in total. The molecule has 6 rings (SSSR count). The highest BCUT2D eigenvalue weighted by atomic mass is 19.1. The summed E-state index contributed by atoms with van der Waals surface area (Å²) in [6, 6.07) is 11.4. The lowest BCUT2D eigenvalue weighted by molar-refractivity contribution is -0.288. The lowest BCUT2D eigenvalue weighted by Gasteiger charge is -2.38. The molecule has 4 aromatic rings. The number of benzene rings is 2. The number of pyridine rings is 1. The second-order valence-corrected chi connectivity index (χ2v) is 9.55. The van der Waals surface area contributed by atoms with Crippen LogP contribution in [-0.4, -0.2) is 67.4 Å². The third-order valence-electron chi connectivity index (χ3n) is 6.97. The monoisotopic (exact) mass is 552 g/mol. The van der Waals surface area contributed by atoms with Gasteiger partial charge in [0.1, 0.15) is 29.8 Å². The van der Waals surface area contributed by atoms with Crippen molar-refractivity contribution in [3.8, 4) is 16.9 Å². The van der Waals surface area contributed by atoms with Gasteiger partial charge in [-0.3, -0.25) is 4.40 Å². The van der Waals surface area contributed by atoms with Crippen LogP contribution in [0.5, 0.6) is 5.75 Å². The number of carbonyl (C=O) groups is 2. The van der Waals surface area contributed by atoms with E-state index in [1.165, 1.54) is 18.3 Å². The van der Waals surface area contributed by atoms with Gasteiger partial charge in [0.25, 0.3) is 0 Å². The first-order valence-corrected chi connectivity index (χ1v) is 12.2. The molecule has 3 unspecified atom stereocenters. The van der Waals surface area contributed by atoms with E-state index in [-0.39, 0.29) is 24.3 Å². The number of aromatic nitrogens is 3. The molecule has 0 saturated carbocycles. The second-order valence-electron chi connectivity index (χ2n) is 9.55. The highest BCUT2D eigenvalue weighted by Crippen LogP contribution is 2.44. The molecule has 40 heavy (non-hydrogen) atoms. The third-order valence-corrected chi connectivity index (χ3v) is 6.97. The second kappa shape index (κ2) is 9.62. The van der Waals surface area contributed by atoms with Crippen LogP contribution in [0.15, 0.2) is 61.1 Å². The molecular weight excluding hydrogens is 530 g/mol. The van der Waals surface area contributed by atoms with Crippen LogP contribution in [0, 0.1) is 11.6 Å². The molecule has 4 heterocycles. The van der Waals surface area contributed by atoms with E-state index in [1.54, 1.807) is 40.9 Å². The zero-order valence-electron chi connectivity index (χ0n) is 20.9. The zero-order chi connectivity index (χ0) is 28.2. The van der Waals surface area contributed by atoms with Crippen LogP contribution in [0.3, 0.4) is 0 Å². The lowest BCUT2D eigenvalue weighted by Crippen LogP contribution is -2.50. The maximum atomic E-state index is 13.9. The van der Waals surface area contributed by atoms with E-state index in [4.69, 9.17) is 14.2 Å². The molecule has 2 aliphatic rings. The summed E-state index contributed by atoms with van der Waals surface area (Å²) in [5.74, 6) is -6.49. The number of carbonyl (C=O) groups excluding carboxylic acids is 2. The Morgan fingerprint density at radius 3 is 2.35 bits per heavy atom. The Labute approximate surface area is 225 Å². The Bertz CT molecular complexity index is 1600. The van der Waals surface area contributed by atoms with E-state index in [0.29, 0.717) is 22.3 Å². The van der Waals surface area contributed by atoms with Crippen LogP contribution in [0.1, 0.15) is 23.7 Å². The standard InChI is InChI=1S/C27H22F2N4O7/c1-32-7-6-21(38-18-10-16(28)9-17(29)11-18)19-4-2-14(15-3-5-22-31-30-13-33(22)12-15)8-20(19)27(32)39-25(36)23(34)24(35)26(37)40-27/h2-5,8-13,21,23-24,34-35H,6-7H2,1H3. The largest absolute Gasteiger partial charge is 0.485 e. The summed E-state index contributed by atoms with van der Waals surface area (Å²) in [5, 5.41) is 28.2. The van der Waals surface area contributed by atoms with Crippen LogP contribution >= 0.6 is 0 Å². The first-order valence-electron chi connectivity index (χ1n) is 12.2. The molecule has 2 aliphatic heterocycles. The third kappa shape index (κ3) is 4.33. The fraction of sp³-hybridized carbons (Fsp3) is 0.259. The maximum Gasteiger partial charge on any atom is 0.349 e. The smallest absolute Gasteiger partial charge is 0.349 e. The molecule has 1 saturated heterocycles. The van der Waals surface area contributed by atoms with Crippen molar-refractivity contribution in [1.82, 2.24) is 19.5 Å². The molecule has 2 N–H and O–H groups in total. The summed E-state index contributed by atoms with van der Waals surface area (Å²) in [6.07, 6.45) is -1.66. The summed E-state index contributed by atoms with van der Waals surface area (Å²) in [6.45, 7) is 0.103. The van der Waals surface area contributed by atoms with Crippen LogP contribution in [0.2, 0.25) is 0 Å². The maximum absolute atomic E-state index is 13.9. The number of hydrogen-bond donors (Lipinski definition) is 2. The van der Waals surface area contributed by atoms with Gasteiger partial charge in [-0.1, -0.05) is 12.1 Å². The van der Waals surface area contributed by atoms with Gasteiger partial charge < -0.3 is 24.4 Å².